The third-order valence-electron chi connectivity index (χ3n) is 2.81. The van der Waals surface area contributed by atoms with Crippen LogP contribution in [0.1, 0.15) is 43.1 Å². The number of aromatic nitrogens is 2. The van der Waals surface area contributed by atoms with Crippen LogP contribution in [-0.2, 0) is 4.74 Å². The van der Waals surface area contributed by atoms with Gasteiger partial charge in [0.2, 0.25) is 0 Å². The normalized spacial score (nSPS) is 22.9. The Labute approximate surface area is 101 Å². The van der Waals surface area contributed by atoms with E-state index in [2.05, 4.69) is 10.1 Å². The van der Waals surface area contributed by atoms with Crippen LogP contribution >= 0.6 is 0 Å². The fraction of sp³-hybridized carbons (Fsp3) is 0.818. The predicted molar refractivity (Wildman–Crippen MR) is 62.3 cm³/mol. The molecule has 96 valence electrons. The van der Waals surface area contributed by atoms with Gasteiger partial charge in [-0.3, -0.25) is 0 Å². The maximum absolute atomic E-state index is 5.97. The van der Waals surface area contributed by atoms with Crippen LogP contribution in [0.3, 0.4) is 0 Å². The number of hydrogen-bond donors (Lipinski definition) is 1. The van der Waals surface area contributed by atoms with Crippen LogP contribution in [0.15, 0.2) is 4.52 Å². The minimum Gasteiger partial charge on any atom is -0.368 e. The lowest BCUT2D eigenvalue weighted by molar-refractivity contribution is -0.00459. The zero-order valence-electron chi connectivity index (χ0n) is 10.4. The van der Waals surface area contributed by atoms with Crippen LogP contribution in [-0.4, -0.2) is 42.3 Å². The Morgan fingerprint density at radius 2 is 2.29 bits per heavy atom. The van der Waals surface area contributed by atoms with Gasteiger partial charge in [0, 0.05) is 13.2 Å². The molecule has 1 aliphatic heterocycles. The van der Waals surface area contributed by atoms with Crippen molar-refractivity contribution in [3.05, 3.63) is 11.7 Å². The maximum Gasteiger partial charge on any atom is 0.255 e. The molecule has 0 aromatic carbocycles. The summed E-state index contributed by atoms with van der Waals surface area (Å²) in [5.41, 5.74) is 5.97. The van der Waals surface area contributed by atoms with Crippen LogP contribution in [0.5, 0.6) is 0 Å². The average Bonchev–Trinajstić information content (AvgIpc) is 2.78. The van der Waals surface area contributed by atoms with Gasteiger partial charge < -0.3 is 19.9 Å². The molecule has 1 fully saturated rings. The minimum absolute atomic E-state index is 0.0449. The van der Waals surface area contributed by atoms with E-state index in [9.17, 15) is 0 Å². The Bertz CT molecular complexity index is 347. The summed E-state index contributed by atoms with van der Waals surface area (Å²) in [5.74, 6) is 1.12. The van der Waals surface area contributed by atoms with E-state index in [-0.39, 0.29) is 12.1 Å². The van der Waals surface area contributed by atoms with E-state index in [0.29, 0.717) is 18.3 Å². The van der Waals surface area contributed by atoms with Crippen molar-refractivity contribution in [3.8, 4) is 0 Å². The molecule has 0 saturated carbocycles. The summed E-state index contributed by atoms with van der Waals surface area (Å²) < 4.78 is 10.8. The summed E-state index contributed by atoms with van der Waals surface area (Å²) in [6, 6.07) is -0.217. The van der Waals surface area contributed by atoms with Gasteiger partial charge in [0.05, 0.1) is 6.04 Å². The Kier molecular flexibility index (Phi) is 4.09. The van der Waals surface area contributed by atoms with Crippen molar-refractivity contribution in [2.75, 3.05) is 27.2 Å². The van der Waals surface area contributed by atoms with Gasteiger partial charge >= 0.3 is 0 Å². The molecule has 2 N–H and O–H groups in total. The summed E-state index contributed by atoms with van der Waals surface area (Å²) in [4.78, 5) is 6.33. The molecule has 0 radical (unpaired) electrons. The molecule has 0 amide bonds. The van der Waals surface area contributed by atoms with E-state index in [1.54, 1.807) is 0 Å². The molecule has 0 spiro atoms. The molecule has 1 aromatic rings. The van der Waals surface area contributed by atoms with E-state index in [1.165, 1.54) is 0 Å². The first-order valence-electron chi connectivity index (χ1n) is 6.02. The first-order chi connectivity index (χ1) is 8.16. The van der Waals surface area contributed by atoms with Gasteiger partial charge in [0.15, 0.2) is 5.82 Å². The van der Waals surface area contributed by atoms with Gasteiger partial charge in [0.25, 0.3) is 5.89 Å². The Morgan fingerprint density at radius 1 is 1.47 bits per heavy atom. The fourth-order valence-electron chi connectivity index (χ4n) is 1.94. The summed E-state index contributed by atoms with van der Waals surface area (Å²) in [5, 5.41) is 3.93. The number of likely N-dealkylation sites (N-methyl/N-ethyl adjacent to an activating group) is 1. The standard InChI is InChI=1S/C11H20N4O2/c1-15(2)7-8(12)10-13-11(17-14-10)9-5-3-4-6-16-9/h8-9H,3-7,12H2,1-2H3. The van der Waals surface area contributed by atoms with Crippen LogP contribution in [0.4, 0.5) is 0 Å². The van der Waals surface area contributed by atoms with Crippen molar-refractivity contribution in [2.45, 2.75) is 31.4 Å². The van der Waals surface area contributed by atoms with Gasteiger partial charge in [-0.25, -0.2) is 0 Å². The van der Waals surface area contributed by atoms with Crippen LogP contribution in [0, 0.1) is 0 Å². The first-order valence-corrected chi connectivity index (χ1v) is 6.02. The number of nitrogens with two attached hydrogens (primary N) is 1. The SMILES string of the molecule is CN(C)CC(N)c1noc(C2CCCCO2)n1. The van der Waals surface area contributed by atoms with Crippen molar-refractivity contribution >= 4 is 0 Å². The smallest absolute Gasteiger partial charge is 0.255 e. The molecular formula is C11H20N4O2. The van der Waals surface area contributed by atoms with Gasteiger partial charge in [-0.15, -0.1) is 0 Å². The molecule has 2 rings (SSSR count). The second-order valence-electron chi connectivity index (χ2n) is 4.71. The summed E-state index contributed by atoms with van der Waals surface area (Å²) >= 11 is 0. The summed E-state index contributed by atoms with van der Waals surface area (Å²) in [7, 11) is 3.93. The van der Waals surface area contributed by atoms with Gasteiger partial charge in [0.1, 0.15) is 6.10 Å². The second kappa shape index (κ2) is 5.57. The van der Waals surface area contributed by atoms with Crippen molar-refractivity contribution in [3.63, 3.8) is 0 Å². The predicted octanol–water partition coefficient (Wildman–Crippen LogP) is 0.873. The van der Waals surface area contributed by atoms with Crippen molar-refractivity contribution < 1.29 is 9.26 Å². The van der Waals surface area contributed by atoms with Crippen LogP contribution in [0.25, 0.3) is 0 Å². The maximum atomic E-state index is 5.97. The second-order valence-corrected chi connectivity index (χ2v) is 4.71. The number of ether oxygens (including phenoxy) is 1. The highest BCUT2D eigenvalue weighted by Gasteiger charge is 2.24. The molecule has 6 heteroatoms. The lowest BCUT2D eigenvalue weighted by atomic mass is 10.1. The summed E-state index contributed by atoms with van der Waals surface area (Å²) in [6.07, 6.45) is 3.16. The zero-order chi connectivity index (χ0) is 12.3. The van der Waals surface area contributed by atoms with E-state index >= 15 is 0 Å². The Hall–Kier alpha value is -0.980. The molecule has 1 saturated heterocycles. The topological polar surface area (TPSA) is 77.4 Å². The largest absolute Gasteiger partial charge is 0.368 e. The van der Waals surface area contributed by atoms with Crippen molar-refractivity contribution in [2.24, 2.45) is 5.73 Å². The van der Waals surface area contributed by atoms with E-state index in [1.807, 2.05) is 19.0 Å². The van der Waals surface area contributed by atoms with Gasteiger partial charge in [-0.05, 0) is 33.4 Å². The minimum atomic E-state index is -0.217. The molecule has 2 atom stereocenters. The van der Waals surface area contributed by atoms with Gasteiger partial charge in [-0.2, -0.15) is 4.98 Å². The molecule has 2 unspecified atom stereocenters. The molecule has 1 aromatic heterocycles. The zero-order valence-corrected chi connectivity index (χ0v) is 10.4. The number of hydrogen-bond acceptors (Lipinski definition) is 6. The highest BCUT2D eigenvalue weighted by atomic mass is 16.5. The number of rotatable bonds is 4. The van der Waals surface area contributed by atoms with Crippen molar-refractivity contribution in [1.82, 2.24) is 15.0 Å². The third kappa shape index (κ3) is 3.24. The lowest BCUT2D eigenvalue weighted by Gasteiger charge is -2.18. The lowest BCUT2D eigenvalue weighted by Crippen LogP contribution is -2.26. The van der Waals surface area contributed by atoms with E-state index in [4.69, 9.17) is 15.0 Å². The first kappa shape index (κ1) is 12.5. The highest BCUT2D eigenvalue weighted by Crippen LogP contribution is 2.26. The Balaban J connectivity index is 1.99. The Morgan fingerprint density at radius 3 is 2.94 bits per heavy atom. The monoisotopic (exact) mass is 240 g/mol. The number of nitrogens with zero attached hydrogens (tertiary/aromatic N) is 3. The van der Waals surface area contributed by atoms with Crippen LogP contribution in [0.2, 0.25) is 0 Å². The molecule has 6 nitrogen and oxygen atoms in total. The van der Waals surface area contributed by atoms with Crippen molar-refractivity contribution in [1.29, 1.82) is 0 Å². The average molecular weight is 240 g/mol. The van der Waals surface area contributed by atoms with E-state index in [0.717, 1.165) is 25.9 Å². The molecule has 2 heterocycles. The third-order valence-corrected chi connectivity index (χ3v) is 2.81. The molecule has 1 aliphatic rings. The van der Waals surface area contributed by atoms with Gasteiger partial charge in [-0.1, -0.05) is 5.16 Å². The molecule has 17 heavy (non-hydrogen) atoms. The highest BCUT2D eigenvalue weighted by molar-refractivity contribution is 4.96. The summed E-state index contributed by atoms with van der Waals surface area (Å²) in [6.45, 7) is 1.47. The quantitative estimate of drug-likeness (QED) is 0.841. The molecule has 0 aliphatic carbocycles. The fourth-order valence-corrected chi connectivity index (χ4v) is 1.94. The molecular weight excluding hydrogens is 220 g/mol. The van der Waals surface area contributed by atoms with E-state index < -0.39 is 0 Å². The van der Waals surface area contributed by atoms with Crippen LogP contribution < -0.4 is 5.73 Å². The molecule has 0 bridgehead atoms.